The Labute approximate surface area is 178 Å². The third kappa shape index (κ3) is 3.92. The highest BCUT2D eigenvalue weighted by Crippen LogP contribution is 2.34. The zero-order valence-corrected chi connectivity index (χ0v) is 21.1. The number of aromatic nitrogens is 1. The van der Waals surface area contributed by atoms with Crippen LogP contribution in [0.4, 0.5) is 0 Å². The van der Waals surface area contributed by atoms with Gasteiger partial charge in [0.2, 0.25) is 5.69 Å². The summed E-state index contributed by atoms with van der Waals surface area (Å²) < 4.78 is 2.29. The van der Waals surface area contributed by atoms with Gasteiger partial charge in [-0.25, -0.2) is 4.57 Å². The molecule has 0 aliphatic heterocycles. The normalized spacial score (nSPS) is 12.8. The number of nitrogens with zero attached hydrogens (tertiary/aromatic N) is 1. The van der Waals surface area contributed by atoms with Crippen LogP contribution >= 0.6 is 0 Å². The molecule has 0 aliphatic rings. The summed E-state index contributed by atoms with van der Waals surface area (Å²) in [5.41, 5.74) is 7.69. The van der Waals surface area contributed by atoms with Gasteiger partial charge in [0.05, 0.1) is 19.0 Å². The molecule has 3 rings (SSSR count). The van der Waals surface area contributed by atoms with Gasteiger partial charge >= 0.3 is 0 Å². The smallest absolute Gasteiger partial charge is 0.200 e. The van der Waals surface area contributed by atoms with Crippen molar-refractivity contribution < 1.29 is 4.57 Å². The minimum Gasteiger partial charge on any atom is -0.200 e. The topological polar surface area (TPSA) is 3.88 Å². The quantitative estimate of drug-likeness (QED) is 0.343. The summed E-state index contributed by atoms with van der Waals surface area (Å²) in [5, 5.41) is 4.26. The predicted molar refractivity (Wildman–Crippen MR) is 131 cm³/mol. The molecule has 0 N–H and O–H groups in total. The maximum absolute atomic E-state index is 2.49. The number of aryl methyl sites for hydroxylation is 2. The van der Waals surface area contributed by atoms with Gasteiger partial charge in [0, 0.05) is 6.07 Å². The first-order valence-corrected chi connectivity index (χ1v) is 14.0. The average molecular weight is 405 g/mol. The molecule has 1 nitrogen and oxygen atoms in total. The molecule has 154 valence electrons. The Morgan fingerprint density at radius 2 is 1.59 bits per heavy atom. The van der Waals surface area contributed by atoms with Crippen LogP contribution in [0.1, 0.15) is 51.3 Å². The SMILES string of the molecule is Cc1cc(C(C)(C)C)cc(-c2c3ccc([Si](C)(C)C(C)C)cc3cc[n+]2C)c1C. The fraction of sp³-hybridized carbons (Fsp3) is 0.444. The highest BCUT2D eigenvalue weighted by Gasteiger charge is 2.28. The van der Waals surface area contributed by atoms with Gasteiger partial charge in [-0.3, -0.25) is 0 Å². The van der Waals surface area contributed by atoms with E-state index in [4.69, 9.17) is 0 Å². The van der Waals surface area contributed by atoms with Crippen LogP contribution in [0.15, 0.2) is 42.6 Å². The molecule has 0 spiro atoms. The van der Waals surface area contributed by atoms with E-state index < -0.39 is 8.07 Å². The van der Waals surface area contributed by atoms with Gasteiger partial charge in [0.25, 0.3) is 0 Å². The second-order valence-corrected chi connectivity index (χ2v) is 15.8. The van der Waals surface area contributed by atoms with Crippen LogP contribution in [0.5, 0.6) is 0 Å². The summed E-state index contributed by atoms with van der Waals surface area (Å²) in [7, 11) is 0.730. The van der Waals surface area contributed by atoms with Crippen molar-refractivity contribution in [2.24, 2.45) is 7.05 Å². The van der Waals surface area contributed by atoms with Gasteiger partial charge < -0.3 is 0 Å². The number of rotatable bonds is 3. The summed E-state index contributed by atoms with van der Waals surface area (Å²) in [4.78, 5) is 0. The number of hydrogen-bond donors (Lipinski definition) is 0. The Kier molecular flexibility index (Phi) is 5.55. The van der Waals surface area contributed by atoms with Crippen LogP contribution < -0.4 is 9.75 Å². The molecule has 0 unspecified atom stereocenters. The van der Waals surface area contributed by atoms with Crippen molar-refractivity contribution in [3.63, 3.8) is 0 Å². The van der Waals surface area contributed by atoms with E-state index in [1.807, 2.05) is 0 Å². The Morgan fingerprint density at radius 3 is 2.17 bits per heavy atom. The average Bonchev–Trinajstić information content (AvgIpc) is 2.62. The molecule has 0 atom stereocenters. The van der Waals surface area contributed by atoms with Crippen LogP contribution in [0.25, 0.3) is 22.0 Å². The lowest BCUT2D eigenvalue weighted by Gasteiger charge is -2.28. The van der Waals surface area contributed by atoms with Gasteiger partial charge in [-0.15, -0.1) is 0 Å². The number of hydrogen-bond acceptors (Lipinski definition) is 0. The third-order valence-electron chi connectivity index (χ3n) is 7.11. The van der Waals surface area contributed by atoms with E-state index in [1.54, 1.807) is 5.19 Å². The van der Waals surface area contributed by atoms with Crippen molar-refractivity contribution in [3.8, 4) is 11.3 Å². The Hall–Kier alpha value is -1.93. The van der Waals surface area contributed by atoms with E-state index in [0.717, 1.165) is 5.54 Å². The van der Waals surface area contributed by atoms with Crippen molar-refractivity contribution in [2.75, 3.05) is 0 Å². The molecular weight excluding hydrogens is 366 g/mol. The monoisotopic (exact) mass is 404 g/mol. The zero-order chi connectivity index (χ0) is 21.7. The zero-order valence-electron chi connectivity index (χ0n) is 20.1. The molecule has 0 bridgehead atoms. The lowest BCUT2D eigenvalue weighted by molar-refractivity contribution is -0.659. The number of pyridine rings is 1. The number of benzene rings is 2. The fourth-order valence-corrected chi connectivity index (χ4v) is 5.69. The molecule has 0 saturated heterocycles. The summed E-state index contributed by atoms with van der Waals surface area (Å²) in [6.45, 7) is 21.1. The maximum Gasteiger partial charge on any atom is 0.220 e. The van der Waals surface area contributed by atoms with Crippen molar-refractivity contribution >= 4 is 24.0 Å². The fourth-order valence-electron chi connectivity index (χ4n) is 3.98. The molecule has 29 heavy (non-hydrogen) atoms. The van der Waals surface area contributed by atoms with Crippen LogP contribution in [-0.2, 0) is 12.5 Å². The molecule has 1 heterocycles. The van der Waals surface area contributed by atoms with Crippen LogP contribution in [0.2, 0.25) is 18.6 Å². The number of fused-ring (bicyclic) bond motifs is 1. The second kappa shape index (κ2) is 7.39. The summed E-state index contributed by atoms with van der Waals surface area (Å²) in [6, 6.07) is 14.3. The molecular formula is C27H38NSi+. The molecule has 2 aromatic carbocycles. The highest BCUT2D eigenvalue weighted by molar-refractivity contribution is 6.91. The maximum atomic E-state index is 2.49. The summed E-state index contributed by atoms with van der Waals surface area (Å²) in [6.07, 6.45) is 2.23. The largest absolute Gasteiger partial charge is 0.220 e. The highest BCUT2D eigenvalue weighted by atomic mass is 28.3. The van der Waals surface area contributed by atoms with E-state index >= 15 is 0 Å². The molecule has 0 fully saturated rings. The first-order valence-electron chi connectivity index (χ1n) is 10.9. The molecule has 1 aromatic heterocycles. The van der Waals surface area contributed by atoms with Gasteiger partial charge in [0.15, 0.2) is 6.20 Å². The van der Waals surface area contributed by atoms with Gasteiger partial charge in [-0.1, -0.05) is 71.1 Å². The van der Waals surface area contributed by atoms with E-state index in [0.29, 0.717) is 0 Å². The molecule has 0 radical (unpaired) electrons. The van der Waals surface area contributed by atoms with Gasteiger partial charge in [-0.05, 0) is 59.0 Å². The Balaban J connectivity index is 2.31. The van der Waals surface area contributed by atoms with Gasteiger partial charge in [0.1, 0.15) is 7.05 Å². The molecule has 0 aliphatic carbocycles. The first-order chi connectivity index (χ1) is 13.3. The lowest BCUT2D eigenvalue weighted by atomic mass is 9.83. The standard InChI is InChI=1S/C27H38NSi/c1-18(2)29(9,10)23-11-12-24-21(16-23)13-14-28(8)26(24)25-17-22(27(5,6)7)15-19(3)20(25)4/h11-18H,1-10H3/q+1. The summed E-state index contributed by atoms with van der Waals surface area (Å²) >= 11 is 0. The van der Waals surface area contributed by atoms with Crippen LogP contribution in [-0.4, -0.2) is 8.07 Å². The lowest BCUT2D eigenvalue weighted by Crippen LogP contribution is -2.44. The predicted octanol–water partition coefficient (Wildman–Crippen LogP) is 6.57. The van der Waals surface area contributed by atoms with Crippen molar-refractivity contribution in [3.05, 3.63) is 59.3 Å². The van der Waals surface area contributed by atoms with Gasteiger partial charge in [-0.2, -0.15) is 0 Å². The van der Waals surface area contributed by atoms with E-state index in [-0.39, 0.29) is 5.41 Å². The van der Waals surface area contributed by atoms with E-state index in [1.165, 1.54) is 38.7 Å². The van der Waals surface area contributed by atoms with Crippen LogP contribution in [0, 0.1) is 13.8 Å². The van der Waals surface area contributed by atoms with Crippen molar-refractivity contribution in [1.29, 1.82) is 0 Å². The Bertz CT molecular complexity index is 1070. The van der Waals surface area contributed by atoms with Crippen molar-refractivity contribution in [2.45, 2.75) is 72.5 Å². The summed E-state index contributed by atoms with van der Waals surface area (Å²) in [5.74, 6) is 0. The van der Waals surface area contributed by atoms with Crippen LogP contribution in [0.3, 0.4) is 0 Å². The minimum absolute atomic E-state index is 0.135. The Morgan fingerprint density at radius 1 is 0.931 bits per heavy atom. The van der Waals surface area contributed by atoms with Crippen molar-refractivity contribution in [1.82, 2.24) is 0 Å². The second-order valence-electron chi connectivity index (χ2n) is 10.7. The molecule has 0 saturated carbocycles. The minimum atomic E-state index is -1.44. The molecule has 3 aromatic rings. The molecule has 2 heteroatoms. The third-order valence-corrected chi connectivity index (χ3v) is 11.8. The molecule has 0 amide bonds. The first kappa shape index (κ1) is 21.8. The van der Waals surface area contributed by atoms with E-state index in [9.17, 15) is 0 Å². The van der Waals surface area contributed by atoms with E-state index in [2.05, 4.69) is 116 Å².